The predicted octanol–water partition coefficient (Wildman–Crippen LogP) is 2.21. The van der Waals surface area contributed by atoms with Crippen molar-refractivity contribution < 1.29 is 4.74 Å². The first-order valence-corrected chi connectivity index (χ1v) is 5.80. The van der Waals surface area contributed by atoms with Crippen molar-refractivity contribution in [2.75, 3.05) is 25.5 Å². The lowest BCUT2D eigenvalue weighted by molar-refractivity contribution is 0.146. The Hall–Kier alpha value is -0.0600. The van der Waals surface area contributed by atoms with Crippen LogP contribution in [0.1, 0.15) is 13.3 Å². The molecule has 0 aromatic rings. The topological polar surface area (TPSA) is 21.3 Å². The molecule has 0 aliphatic heterocycles. The number of nitrogens with one attached hydrogen (secondary N) is 1. The number of hydrogen-bond acceptors (Lipinski definition) is 3. The van der Waals surface area contributed by atoms with Crippen LogP contribution in [0.5, 0.6) is 0 Å². The average Bonchev–Trinajstić information content (AvgIpc) is 2.14. The van der Waals surface area contributed by atoms with E-state index in [1.807, 2.05) is 13.0 Å². The van der Waals surface area contributed by atoms with Crippen molar-refractivity contribution in [3.63, 3.8) is 0 Å². The minimum absolute atomic E-state index is 0.787. The Bertz CT molecular complexity index is 151. The largest absolute Gasteiger partial charge is 0.382 e. The van der Waals surface area contributed by atoms with Gasteiger partial charge < -0.3 is 10.1 Å². The van der Waals surface area contributed by atoms with E-state index in [1.54, 1.807) is 11.8 Å². The van der Waals surface area contributed by atoms with Crippen LogP contribution in [0.25, 0.3) is 0 Å². The molecule has 0 aromatic heterocycles. The molecule has 0 atom stereocenters. The summed E-state index contributed by atoms with van der Waals surface area (Å²) in [7, 11) is 0. The normalized spacial score (nSPS) is 9.62. The van der Waals surface area contributed by atoms with E-state index in [2.05, 4.69) is 11.9 Å². The van der Waals surface area contributed by atoms with Gasteiger partial charge in [0.2, 0.25) is 0 Å². The Morgan fingerprint density at radius 3 is 3.08 bits per heavy atom. The predicted molar refractivity (Wildman–Crippen MR) is 64.4 cm³/mol. The monoisotopic (exact) mass is 219 g/mol. The van der Waals surface area contributed by atoms with E-state index < -0.39 is 0 Å². The quantitative estimate of drug-likeness (QED) is 0.402. The highest BCUT2D eigenvalue weighted by Gasteiger charge is 1.93. The molecule has 0 saturated carbocycles. The van der Waals surface area contributed by atoms with Gasteiger partial charge >= 0.3 is 0 Å². The van der Waals surface area contributed by atoms with E-state index in [0.717, 1.165) is 36.3 Å². The molecular weight excluding hydrogens is 202 g/mol. The molecule has 0 aromatic carbocycles. The summed E-state index contributed by atoms with van der Waals surface area (Å²) in [5.74, 6) is 0.872. The molecule has 0 aliphatic rings. The minimum atomic E-state index is 0.787. The summed E-state index contributed by atoms with van der Waals surface area (Å²) in [6.45, 7) is 8.11. The van der Waals surface area contributed by atoms with Crippen molar-refractivity contribution in [3.8, 4) is 0 Å². The summed E-state index contributed by atoms with van der Waals surface area (Å²) in [6.07, 6.45) is 2.85. The zero-order valence-corrected chi connectivity index (χ0v) is 9.68. The van der Waals surface area contributed by atoms with Crippen LogP contribution >= 0.6 is 24.0 Å². The van der Waals surface area contributed by atoms with Crippen molar-refractivity contribution in [1.29, 1.82) is 0 Å². The van der Waals surface area contributed by atoms with Crippen LogP contribution in [0.3, 0.4) is 0 Å². The third-order valence-electron chi connectivity index (χ3n) is 1.27. The number of ether oxygens (including phenoxy) is 1. The minimum Gasteiger partial charge on any atom is -0.382 e. The molecule has 0 radical (unpaired) electrons. The second kappa shape index (κ2) is 10.0. The number of thioether (sulfide) groups is 1. The Morgan fingerprint density at radius 2 is 2.46 bits per heavy atom. The summed E-state index contributed by atoms with van der Waals surface area (Å²) in [5, 5.41) is 3.14. The van der Waals surface area contributed by atoms with Crippen molar-refractivity contribution in [1.82, 2.24) is 5.32 Å². The molecule has 0 heterocycles. The molecule has 2 nitrogen and oxygen atoms in total. The SMILES string of the molecule is C=CCSC(=S)NCCCOCC. The molecule has 0 bridgehead atoms. The van der Waals surface area contributed by atoms with Gasteiger partial charge in [0.15, 0.2) is 0 Å². The third-order valence-corrected chi connectivity index (χ3v) is 2.58. The van der Waals surface area contributed by atoms with Crippen LogP contribution in [-0.2, 0) is 4.74 Å². The van der Waals surface area contributed by atoms with Crippen molar-refractivity contribution in [2.45, 2.75) is 13.3 Å². The lowest BCUT2D eigenvalue weighted by atomic mass is 10.4. The summed E-state index contributed by atoms with van der Waals surface area (Å²) >= 11 is 6.66. The van der Waals surface area contributed by atoms with Gasteiger partial charge in [-0.05, 0) is 13.3 Å². The maximum Gasteiger partial charge on any atom is 0.134 e. The molecular formula is C9H17NOS2. The van der Waals surface area contributed by atoms with Crippen LogP contribution in [0.4, 0.5) is 0 Å². The Morgan fingerprint density at radius 1 is 1.69 bits per heavy atom. The highest BCUT2D eigenvalue weighted by molar-refractivity contribution is 8.23. The first kappa shape index (κ1) is 12.9. The lowest BCUT2D eigenvalue weighted by Gasteiger charge is -2.05. The van der Waals surface area contributed by atoms with E-state index in [1.165, 1.54) is 0 Å². The van der Waals surface area contributed by atoms with Gasteiger partial charge in [0.1, 0.15) is 4.32 Å². The Kier molecular flexibility index (Phi) is 9.98. The van der Waals surface area contributed by atoms with Gasteiger partial charge in [0, 0.05) is 25.5 Å². The summed E-state index contributed by atoms with van der Waals surface area (Å²) < 4.78 is 6.03. The second-order valence-electron chi connectivity index (χ2n) is 2.36. The van der Waals surface area contributed by atoms with Crippen molar-refractivity contribution >= 4 is 28.3 Å². The molecule has 0 amide bonds. The van der Waals surface area contributed by atoms with Gasteiger partial charge in [-0.1, -0.05) is 30.1 Å². The van der Waals surface area contributed by atoms with Crippen LogP contribution in [-0.4, -0.2) is 29.8 Å². The zero-order chi connectivity index (χ0) is 9.94. The summed E-state index contributed by atoms with van der Waals surface area (Å²) in [4.78, 5) is 0. The maximum atomic E-state index is 5.19. The fraction of sp³-hybridized carbons (Fsp3) is 0.667. The Balaban J connectivity index is 3.12. The number of thiocarbonyl (C=S) groups is 1. The Labute approximate surface area is 90.1 Å². The maximum absolute atomic E-state index is 5.19. The number of hydrogen-bond donors (Lipinski definition) is 1. The first-order valence-electron chi connectivity index (χ1n) is 4.40. The molecule has 0 aliphatic carbocycles. The van der Waals surface area contributed by atoms with E-state index in [-0.39, 0.29) is 0 Å². The van der Waals surface area contributed by atoms with Gasteiger partial charge in [0.25, 0.3) is 0 Å². The van der Waals surface area contributed by atoms with Crippen LogP contribution < -0.4 is 5.32 Å². The molecule has 0 spiro atoms. The van der Waals surface area contributed by atoms with Gasteiger partial charge in [-0.25, -0.2) is 0 Å². The smallest absolute Gasteiger partial charge is 0.134 e. The molecule has 13 heavy (non-hydrogen) atoms. The molecule has 4 heteroatoms. The molecule has 1 N–H and O–H groups in total. The van der Waals surface area contributed by atoms with Gasteiger partial charge in [-0.2, -0.15) is 0 Å². The average molecular weight is 219 g/mol. The molecule has 0 rings (SSSR count). The number of rotatable bonds is 7. The van der Waals surface area contributed by atoms with Gasteiger partial charge in [0.05, 0.1) is 0 Å². The van der Waals surface area contributed by atoms with E-state index >= 15 is 0 Å². The van der Waals surface area contributed by atoms with Crippen molar-refractivity contribution in [3.05, 3.63) is 12.7 Å². The summed E-state index contributed by atoms with van der Waals surface area (Å²) in [5.41, 5.74) is 0. The first-order chi connectivity index (χ1) is 6.31. The molecule has 0 saturated heterocycles. The fourth-order valence-electron chi connectivity index (χ4n) is 0.695. The zero-order valence-electron chi connectivity index (χ0n) is 8.04. The van der Waals surface area contributed by atoms with E-state index in [9.17, 15) is 0 Å². The highest BCUT2D eigenvalue weighted by Crippen LogP contribution is 2.00. The second-order valence-corrected chi connectivity index (χ2v) is 4.06. The highest BCUT2D eigenvalue weighted by atomic mass is 32.2. The lowest BCUT2D eigenvalue weighted by Crippen LogP contribution is -2.20. The van der Waals surface area contributed by atoms with Gasteiger partial charge in [-0.3, -0.25) is 0 Å². The van der Waals surface area contributed by atoms with Crippen LogP contribution in [0.2, 0.25) is 0 Å². The molecule has 0 fully saturated rings. The van der Waals surface area contributed by atoms with E-state index in [0.29, 0.717) is 0 Å². The van der Waals surface area contributed by atoms with Crippen molar-refractivity contribution in [2.24, 2.45) is 0 Å². The standard InChI is InChI=1S/C9H17NOS2/c1-3-8-13-9(12)10-6-5-7-11-4-2/h3H,1,4-8H2,2H3,(H,10,12). The fourth-order valence-corrected chi connectivity index (χ4v) is 1.47. The van der Waals surface area contributed by atoms with Crippen LogP contribution in [0.15, 0.2) is 12.7 Å². The van der Waals surface area contributed by atoms with E-state index in [4.69, 9.17) is 17.0 Å². The van der Waals surface area contributed by atoms with Gasteiger partial charge in [-0.15, -0.1) is 6.58 Å². The van der Waals surface area contributed by atoms with Crippen LogP contribution in [0, 0.1) is 0 Å². The molecule has 76 valence electrons. The third kappa shape index (κ3) is 9.86. The summed E-state index contributed by atoms with van der Waals surface area (Å²) in [6, 6.07) is 0. The molecule has 0 unspecified atom stereocenters.